The van der Waals surface area contributed by atoms with Crippen molar-refractivity contribution in [1.82, 2.24) is 4.72 Å². The van der Waals surface area contributed by atoms with Crippen LogP contribution in [0.25, 0.3) is 0 Å². The van der Waals surface area contributed by atoms with Gasteiger partial charge in [-0.25, -0.2) is 13.1 Å². The summed E-state index contributed by atoms with van der Waals surface area (Å²) in [7, 11) is -2.04. The van der Waals surface area contributed by atoms with Crippen LogP contribution in [0.1, 0.15) is 36.4 Å². The summed E-state index contributed by atoms with van der Waals surface area (Å²) >= 11 is 0. The van der Waals surface area contributed by atoms with Gasteiger partial charge in [-0.3, -0.25) is 0 Å². The van der Waals surface area contributed by atoms with Crippen LogP contribution in [0.3, 0.4) is 0 Å². The van der Waals surface area contributed by atoms with Gasteiger partial charge in [0, 0.05) is 12.2 Å². The highest BCUT2D eigenvalue weighted by Gasteiger charge is 2.54. The van der Waals surface area contributed by atoms with E-state index in [9.17, 15) is 8.42 Å². The number of hydrogen-bond acceptors (Lipinski definition) is 4. The smallest absolute Gasteiger partial charge is 0.241 e. The van der Waals surface area contributed by atoms with Gasteiger partial charge in [0.2, 0.25) is 10.0 Å². The second-order valence-electron chi connectivity index (χ2n) is 7.64. The minimum atomic E-state index is -3.67. The van der Waals surface area contributed by atoms with Crippen LogP contribution in [0.15, 0.2) is 60.0 Å². The number of fused-ring (bicyclic) bond motifs is 3. The van der Waals surface area contributed by atoms with Crippen molar-refractivity contribution >= 4 is 15.7 Å². The molecule has 0 bridgehead atoms. The van der Waals surface area contributed by atoms with Crippen LogP contribution in [0.4, 0.5) is 5.69 Å². The molecule has 0 radical (unpaired) electrons. The third-order valence-electron chi connectivity index (χ3n) is 6.00. The first kappa shape index (κ1) is 19.0. The quantitative estimate of drug-likeness (QED) is 0.749. The van der Waals surface area contributed by atoms with Gasteiger partial charge in [-0.05, 0) is 62.1 Å². The predicted molar refractivity (Wildman–Crippen MR) is 111 cm³/mol. The van der Waals surface area contributed by atoms with E-state index in [-0.39, 0.29) is 16.5 Å². The second kappa shape index (κ2) is 6.94. The monoisotopic (exact) mass is 398 g/mol. The van der Waals surface area contributed by atoms with Gasteiger partial charge in [0.05, 0.1) is 23.6 Å². The first-order chi connectivity index (χ1) is 13.4. The number of anilines is 1. The average Bonchev–Trinajstić information content (AvgIpc) is 3.19. The lowest BCUT2D eigenvalue weighted by atomic mass is 9.84. The fraction of sp³-hybridized carbons (Fsp3) is 0.364. The first-order valence-corrected chi connectivity index (χ1v) is 11.0. The molecule has 0 unspecified atom stereocenters. The normalized spacial score (nSPS) is 23.4. The van der Waals surface area contributed by atoms with E-state index in [4.69, 9.17) is 4.74 Å². The molecular weight excluding hydrogens is 372 g/mol. The molecule has 2 aliphatic heterocycles. The number of hydrogen-bond donors (Lipinski definition) is 1. The summed E-state index contributed by atoms with van der Waals surface area (Å²) in [6, 6.07) is 12.5. The van der Waals surface area contributed by atoms with Crippen molar-refractivity contribution in [3.8, 4) is 5.75 Å². The Bertz CT molecular complexity index is 1000. The third-order valence-corrected chi connectivity index (χ3v) is 7.44. The van der Waals surface area contributed by atoms with Crippen molar-refractivity contribution in [3.05, 3.63) is 66.2 Å². The number of sulfonamides is 1. The van der Waals surface area contributed by atoms with Crippen LogP contribution in [0.2, 0.25) is 0 Å². The number of aryl methyl sites for hydroxylation is 1. The van der Waals surface area contributed by atoms with E-state index in [0.29, 0.717) is 6.42 Å². The van der Waals surface area contributed by atoms with E-state index in [0.717, 1.165) is 42.0 Å². The standard InChI is InChI=1S/C22H26N2O3S/c1-4-12-22-13-5-14-24(22)20-11-8-17(27-3)15-19(20)21(22)23-28(25,26)18-9-6-16(2)7-10-18/h4,6-11,15,21,23H,1,5,12-14H2,2-3H3/t21-,22+/m1/s1. The lowest BCUT2D eigenvalue weighted by molar-refractivity contribution is 0.353. The molecule has 2 aromatic rings. The van der Waals surface area contributed by atoms with Crippen LogP contribution in [-0.4, -0.2) is 27.6 Å². The van der Waals surface area contributed by atoms with Crippen molar-refractivity contribution in [2.75, 3.05) is 18.6 Å². The Labute approximate surface area is 167 Å². The molecule has 1 fully saturated rings. The Balaban J connectivity index is 1.81. The van der Waals surface area contributed by atoms with Crippen LogP contribution in [0, 0.1) is 6.92 Å². The van der Waals surface area contributed by atoms with Crippen LogP contribution in [0.5, 0.6) is 5.75 Å². The largest absolute Gasteiger partial charge is 0.497 e. The molecule has 1 saturated heterocycles. The third kappa shape index (κ3) is 2.91. The zero-order chi connectivity index (χ0) is 19.9. The maximum atomic E-state index is 13.2. The Morgan fingerprint density at radius 1 is 1.29 bits per heavy atom. The van der Waals surface area contributed by atoms with E-state index >= 15 is 0 Å². The van der Waals surface area contributed by atoms with Gasteiger partial charge >= 0.3 is 0 Å². The first-order valence-electron chi connectivity index (χ1n) is 9.57. The Hall–Kier alpha value is -2.31. The van der Waals surface area contributed by atoms with Gasteiger partial charge < -0.3 is 9.64 Å². The topological polar surface area (TPSA) is 58.6 Å². The highest BCUT2D eigenvalue weighted by molar-refractivity contribution is 7.89. The van der Waals surface area contributed by atoms with Crippen molar-refractivity contribution in [3.63, 3.8) is 0 Å². The number of benzene rings is 2. The second-order valence-corrected chi connectivity index (χ2v) is 9.36. The Morgan fingerprint density at radius 2 is 2.04 bits per heavy atom. The van der Waals surface area contributed by atoms with Gasteiger partial charge in [0.25, 0.3) is 0 Å². The van der Waals surface area contributed by atoms with Gasteiger partial charge in [0.15, 0.2) is 0 Å². The fourth-order valence-corrected chi connectivity index (χ4v) is 5.97. The van der Waals surface area contributed by atoms with Crippen molar-refractivity contribution < 1.29 is 13.2 Å². The highest BCUT2D eigenvalue weighted by Crippen LogP contribution is 2.54. The van der Waals surface area contributed by atoms with E-state index < -0.39 is 10.0 Å². The molecule has 0 aromatic heterocycles. The molecule has 0 amide bonds. The van der Waals surface area contributed by atoms with Crippen molar-refractivity contribution in [2.45, 2.75) is 42.7 Å². The summed E-state index contributed by atoms with van der Waals surface area (Å²) in [4.78, 5) is 2.64. The van der Waals surface area contributed by atoms with Crippen LogP contribution >= 0.6 is 0 Å². The molecule has 0 aliphatic carbocycles. The summed E-state index contributed by atoms with van der Waals surface area (Å²) < 4.78 is 34.9. The molecule has 2 atom stereocenters. The molecule has 6 heteroatoms. The zero-order valence-corrected chi connectivity index (χ0v) is 17.1. The summed E-state index contributed by atoms with van der Waals surface area (Å²) in [5.74, 6) is 0.730. The van der Waals surface area contributed by atoms with Crippen LogP contribution < -0.4 is 14.4 Å². The molecule has 148 valence electrons. The lowest BCUT2D eigenvalue weighted by Crippen LogP contribution is -2.49. The molecule has 2 aromatic carbocycles. The highest BCUT2D eigenvalue weighted by atomic mass is 32.2. The molecule has 2 aliphatic rings. The molecule has 4 rings (SSSR count). The maximum absolute atomic E-state index is 13.2. The molecule has 0 spiro atoms. The lowest BCUT2D eigenvalue weighted by Gasteiger charge is -2.38. The summed E-state index contributed by atoms with van der Waals surface area (Å²) in [5.41, 5.74) is 2.75. The molecule has 0 saturated carbocycles. The van der Waals surface area contributed by atoms with E-state index in [1.807, 2.05) is 43.3 Å². The minimum Gasteiger partial charge on any atom is -0.497 e. The number of nitrogens with zero attached hydrogens (tertiary/aromatic N) is 1. The Morgan fingerprint density at radius 3 is 2.71 bits per heavy atom. The van der Waals surface area contributed by atoms with Crippen molar-refractivity contribution in [1.29, 1.82) is 0 Å². The molecule has 28 heavy (non-hydrogen) atoms. The van der Waals surface area contributed by atoms with Gasteiger partial charge in [-0.2, -0.15) is 0 Å². The molecule has 1 N–H and O–H groups in total. The number of ether oxygens (including phenoxy) is 1. The van der Waals surface area contributed by atoms with Crippen molar-refractivity contribution in [2.24, 2.45) is 0 Å². The summed E-state index contributed by atoms with van der Waals surface area (Å²) in [5, 5.41) is 0. The molecule has 2 heterocycles. The average molecular weight is 399 g/mol. The fourth-order valence-electron chi connectivity index (χ4n) is 4.68. The SMILES string of the molecule is C=CC[C@@]12CCCN1c1ccc(OC)cc1[C@H]2NS(=O)(=O)c1ccc(C)cc1. The van der Waals surface area contributed by atoms with Gasteiger partial charge in [-0.15, -0.1) is 6.58 Å². The number of nitrogens with one attached hydrogen (secondary N) is 1. The van der Waals surface area contributed by atoms with Crippen LogP contribution in [-0.2, 0) is 10.0 Å². The predicted octanol–water partition coefficient (Wildman–Crippen LogP) is 3.95. The maximum Gasteiger partial charge on any atom is 0.241 e. The molecule has 5 nitrogen and oxygen atoms in total. The Kier molecular flexibility index (Phi) is 4.71. The number of methoxy groups -OCH3 is 1. The summed E-state index contributed by atoms with van der Waals surface area (Å²) in [6.07, 6.45) is 4.55. The van der Waals surface area contributed by atoms with E-state index in [1.54, 1.807) is 19.2 Å². The van der Waals surface area contributed by atoms with E-state index in [1.165, 1.54) is 0 Å². The number of rotatable bonds is 6. The van der Waals surface area contributed by atoms with Gasteiger partial charge in [0.1, 0.15) is 5.75 Å². The zero-order valence-electron chi connectivity index (χ0n) is 16.3. The molecular formula is C22H26N2O3S. The summed E-state index contributed by atoms with van der Waals surface area (Å²) in [6.45, 7) is 6.80. The minimum absolute atomic E-state index is 0.285. The van der Waals surface area contributed by atoms with Gasteiger partial charge in [-0.1, -0.05) is 23.8 Å². The van der Waals surface area contributed by atoms with E-state index in [2.05, 4.69) is 16.2 Å².